The van der Waals surface area contributed by atoms with Gasteiger partial charge in [-0.15, -0.1) is 0 Å². The predicted octanol–water partition coefficient (Wildman–Crippen LogP) is -3.88. The summed E-state index contributed by atoms with van der Waals surface area (Å²) < 4.78 is 0. The van der Waals surface area contributed by atoms with Gasteiger partial charge in [-0.05, 0) is 13.8 Å². The second kappa shape index (κ2) is 8.52. The molecule has 0 heterocycles. The van der Waals surface area contributed by atoms with Crippen LogP contribution < -0.4 is 16.4 Å². The number of nitrogens with two attached hydrogens (primary N) is 1. The summed E-state index contributed by atoms with van der Waals surface area (Å²) in [4.78, 5) is 34.1. The Bertz CT molecular complexity index is 386. The lowest BCUT2D eigenvalue weighted by atomic mass is 10.1. The number of aliphatic carboxylic acids is 1. The van der Waals surface area contributed by atoms with E-state index in [-0.39, 0.29) is 0 Å². The van der Waals surface area contributed by atoms with E-state index < -0.39 is 54.7 Å². The summed E-state index contributed by atoms with van der Waals surface area (Å²) >= 11 is 0. The van der Waals surface area contributed by atoms with E-state index in [9.17, 15) is 19.5 Å². The van der Waals surface area contributed by atoms with E-state index in [1.54, 1.807) is 0 Å². The first-order chi connectivity index (χ1) is 9.61. The highest BCUT2D eigenvalue weighted by molar-refractivity contribution is 5.92. The number of carboxylic acids is 1. The molecule has 122 valence electrons. The van der Waals surface area contributed by atoms with Gasteiger partial charge in [0.15, 0.2) is 6.04 Å². The minimum Gasteiger partial charge on any atom is -0.480 e. The number of hydrogen-bond donors (Lipinski definition) is 7. The van der Waals surface area contributed by atoms with Crippen LogP contribution in [0.4, 0.5) is 0 Å². The maximum atomic E-state index is 11.8. The summed E-state index contributed by atoms with van der Waals surface area (Å²) in [5.41, 5.74) is 5.35. The van der Waals surface area contributed by atoms with Gasteiger partial charge in [0.2, 0.25) is 11.8 Å². The van der Waals surface area contributed by atoms with Crippen molar-refractivity contribution in [2.75, 3.05) is 6.61 Å². The number of aliphatic hydroxyl groups excluding tert-OH is 3. The Morgan fingerprint density at radius 2 is 1.57 bits per heavy atom. The number of nitrogens with one attached hydrogen (secondary N) is 2. The molecule has 21 heavy (non-hydrogen) atoms. The molecule has 5 atom stereocenters. The molecular weight excluding hydrogens is 286 g/mol. The summed E-state index contributed by atoms with van der Waals surface area (Å²) in [5.74, 6) is -3.36. The Labute approximate surface area is 120 Å². The minimum absolute atomic E-state index is 0.809. The van der Waals surface area contributed by atoms with E-state index in [0.29, 0.717) is 0 Å². The van der Waals surface area contributed by atoms with Crippen molar-refractivity contribution in [3.05, 3.63) is 0 Å². The van der Waals surface area contributed by atoms with Gasteiger partial charge in [0.1, 0.15) is 12.1 Å². The zero-order valence-electron chi connectivity index (χ0n) is 11.7. The Morgan fingerprint density at radius 1 is 1.05 bits per heavy atom. The van der Waals surface area contributed by atoms with Crippen molar-refractivity contribution in [1.82, 2.24) is 10.6 Å². The van der Waals surface area contributed by atoms with Gasteiger partial charge in [0.05, 0.1) is 18.8 Å². The third-order valence-electron chi connectivity index (χ3n) is 2.68. The van der Waals surface area contributed by atoms with Crippen molar-refractivity contribution in [2.24, 2.45) is 5.73 Å². The van der Waals surface area contributed by atoms with Crippen LogP contribution in [0.3, 0.4) is 0 Å². The third kappa shape index (κ3) is 6.04. The molecule has 0 unspecified atom stereocenters. The maximum absolute atomic E-state index is 11.8. The van der Waals surface area contributed by atoms with Gasteiger partial charge in [0.25, 0.3) is 0 Å². The standard InChI is InChI=1S/C11H21N3O7/c1-4(16)7(12)10(19)13-6(3-15)9(18)14-8(5(2)17)11(20)21/h4-8,15-17H,3,12H2,1-2H3,(H,13,19)(H,14,18)(H,20,21)/t4-,5-,6+,7+,8+/m1/s1. The molecule has 0 rings (SSSR count). The Balaban J connectivity index is 4.76. The number of carboxylic acid groups (broad SMARTS) is 1. The molecule has 0 aliphatic carbocycles. The maximum Gasteiger partial charge on any atom is 0.328 e. The first-order valence-electron chi connectivity index (χ1n) is 6.17. The molecule has 0 saturated carbocycles. The van der Waals surface area contributed by atoms with E-state index in [4.69, 9.17) is 21.1 Å². The van der Waals surface area contributed by atoms with Crippen molar-refractivity contribution in [3.8, 4) is 0 Å². The zero-order valence-corrected chi connectivity index (χ0v) is 11.7. The zero-order chi connectivity index (χ0) is 16.7. The van der Waals surface area contributed by atoms with Crippen LogP contribution in [0.2, 0.25) is 0 Å². The fourth-order valence-electron chi connectivity index (χ4n) is 1.32. The summed E-state index contributed by atoms with van der Waals surface area (Å²) in [7, 11) is 0. The Hall–Kier alpha value is -1.75. The fourth-order valence-corrected chi connectivity index (χ4v) is 1.32. The highest BCUT2D eigenvalue weighted by atomic mass is 16.4. The van der Waals surface area contributed by atoms with Gasteiger partial charge in [0, 0.05) is 0 Å². The fraction of sp³-hybridized carbons (Fsp3) is 0.727. The number of carbonyl (C=O) groups is 3. The molecule has 0 spiro atoms. The van der Waals surface area contributed by atoms with Crippen LogP contribution in [0, 0.1) is 0 Å². The van der Waals surface area contributed by atoms with Crippen molar-refractivity contribution in [1.29, 1.82) is 0 Å². The van der Waals surface area contributed by atoms with Crippen LogP contribution in [0.25, 0.3) is 0 Å². The minimum atomic E-state index is -1.59. The molecule has 0 fully saturated rings. The first kappa shape index (κ1) is 19.2. The second-order valence-corrected chi connectivity index (χ2v) is 4.58. The summed E-state index contributed by atoms with van der Waals surface area (Å²) in [6, 6.07) is -4.35. The molecule has 10 heteroatoms. The van der Waals surface area contributed by atoms with Gasteiger partial charge in [-0.3, -0.25) is 9.59 Å². The van der Waals surface area contributed by atoms with Gasteiger partial charge in [-0.2, -0.15) is 0 Å². The van der Waals surface area contributed by atoms with E-state index in [1.165, 1.54) is 6.92 Å². The van der Waals surface area contributed by atoms with Crippen LogP contribution >= 0.6 is 0 Å². The number of hydrogen-bond acceptors (Lipinski definition) is 7. The van der Waals surface area contributed by atoms with E-state index in [0.717, 1.165) is 6.92 Å². The number of carbonyl (C=O) groups excluding carboxylic acids is 2. The Kier molecular flexibility index (Phi) is 7.81. The van der Waals surface area contributed by atoms with Gasteiger partial charge in [-0.25, -0.2) is 4.79 Å². The van der Waals surface area contributed by atoms with Crippen molar-refractivity contribution < 1.29 is 34.8 Å². The number of rotatable bonds is 8. The number of amides is 2. The molecule has 0 bridgehead atoms. The normalized spacial score (nSPS) is 18.0. The molecule has 0 radical (unpaired) electrons. The molecule has 0 aromatic heterocycles. The van der Waals surface area contributed by atoms with Crippen LogP contribution in [0.1, 0.15) is 13.8 Å². The average molecular weight is 307 g/mol. The van der Waals surface area contributed by atoms with E-state index in [2.05, 4.69) is 5.32 Å². The summed E-state index contributed by atoms with van der Waals surface area (Å²) in [6.07, 6.45) is -2.54. The SMILES string of the molecule is C[C@@H](O)[C@H](N)C(=O)N[C@@H](CO)C(=O)N[C@H](C(=O)O)[C@@H](C)O. The van der Waals surface area contributed by atoms with Gasteiger partial charge >= 0.3 is 5.97 Å². The molecular formula is C11H21N3O7. The average Bonchev–Trinajstić information content (AvgIpc) is 2.39. The van der Waals surface area contributed by atoms with Gasteiger partial charge < -0.3 is 36.8 Å². The molecule has 10 nitrogen and oxygen atoms in total. The molecule has 0 aliphatic heterocycles. The van der Waals surface area contributed by atoms with Crippen LogP contribution in [-0.2, 0) is 14.4 Å². The van der Waals surface area contributed by atoms with Crippen molar-refractivity contribution >= 4 is 17.8 Å². The Morgan fingerprint density at radius 3 is 1.90 bits per heavy atom. The lowest BCUT2D eigenvalue weighted by molar-refractivity contribution is -0.145. The highest BCUT2D eigenvalue weighted by Gasteiger charge is 2.30. The summed E-state index contributed by atoms with van der Waals surface area (Å²) in [5, 5.41) is 40.3. The lowest BCUT2D eigenvalue weighted by Crippen LogP contribution is -2.58. The second-order valence-electron chi connectivity index (χ2n) is 4.58. The topological polar surface area (TPSA) is 182 Å². The van der Waals surface area contributed by atoms with Crippen LogP contribution in [-0.4, -0.2) is 75.2 Å². The molecule has 0 aliphatic rings. The molecule has 8 N–H and O–H groups in total. The summed E-state index contributed by atoms with van der Waals surface area (Å²) in [6.45, 7) is 1.62. The molecule has 0 aromatic rings. The highest BCUT2D eigenvalue weighted by Crippen LogP contribution is 1.96. The van der Waals surface area contributed by atoms with E-state index in [1.807, 2.05) is 5.32 Å². The first-order valence-corrected chi connectivity index (χ1v) is 6.17. The molecule has 2 amide bonds. The smallest absolute Gasteiger partial charge is 0.328 e. The van der Waals surface area contributed by atoms with Gasteiger partial charge in [-0.1, -0.05) is 0 Å². The molecule has 0 aromatic carbocycles. The monoisotopic (exact) mass is 307 g/mol. The lowest BCUT2D eigenvalue weighted by Gasteiger charge is -2.23. The van der Waals surface area contributed by atoms with Crippen molar-refractivity contribution in [3.63, 3.8) is 0 Å². The quantitative estimate of drug-likeness (QED) is 0.237. The predicted molar refractivity (Wildman–Crippen MR) is 69.9 cm³/mol. The van der Waals surface area contributed by atoms with Crippen LogP contribution in [0.15, 0.2) is 0 Å². The molecule has 0 saturated heterocycles. The van der Waals surface area contributed by atoms with Crippen LogP contribution in [0.5, 0.6) is 0 Å². The van der Waals surface area contributed by atoms with E-state index >= 15 is 0 Å². The third-order valence-corrected chi connectivity index (χ3v) is 2.68. The van der Waals surface area contributed by atoms with Crippen molar-refractivity contribution in [2.45, 2.75) is 44.2 Å². The largest absolute Gasteiger partial charge is 0.480 e. The number of aliphatic hydroxyl groups is 3.